The van der Waals surface area contributed by atoms with Crippen molar-refractivity contribution in [2.45, 2.75) is 59.3 Å². The third-order valence-electron chi connectivity index (χ3n) is 10.6. The van der Waals surface area contributed by atoms with E-state index < -0.39 is 0 Å². The van der Waals surface area contributed by atoms with Crippen LogP contribution in [0.4, 0.5) is 9.59 Å². The molecule has 4 heterocycles. The summed E-state index contributed by atoms with van der Waals surface area (Å²) in [5, 5.41) is 1.49. The number of nitrogens with zero attached hydrogens (tertiary/aromatic N) is 4. The van der Waals surface area contributed by atoms with E-state index in [0.29, 0.717) is 39.4 Å². The number of benzene rings is 2. The average molecular weight is 778 g/mol. The van der Waals surface area contributed by atoms with Crippen LogP contribution in [-0.4, -0.2) is 71.3 Å². The van der Waals surface area contributed by atoms with Gasteiger partial charge in [-0.15, -0.1) is 0 Å². The number of ether oxygens (including phenoxy) is 2. The zero-order valence-corrected chi connectivity index (χ0v) is 33.2. The molecule has 2 aliphatic carbocycles. The molecule has 0 saturated carbocycles. The second-order valence-electron chi connectivity index (χ2n) is 14.2. The Kier molecular flexibility index (Phi) is 12.0. The molecule has 0 unspecified atom stereocenters. The molecule has 10 heteroatoms. The number of aryl methyl sites for hydroxylation is 3. The van der Waals surface area contributed by atoms with Crippen LogP contribution in [0.5, 0.6) is 0 Å². The van der Waals surface area contributed by atoms with Crippen molar-refractivity contribution < 1.29 is 19.1 Å². The molecular formula is C45H46Cl2N4O4. The van der Waals surface area contributed by atoms with Gasteiger partial charge in [-0.25, -0.2) is 9.59 Å². The Labute approximate surface area is 333 Å². The van der Waals surface area contributed by atoms with Crippen LogP contribution in [0.15, 0.2) is 78.1 Å². The molecule has 0 bridgehead atoms. The number of carbonyl (C=O) groups excluding carboxylic acids is 2. The summed E-state index contributed by atoms with van der Waals surface area (Å²) >= 11 is 12.5. The smallest absolute Gasteiger partial charge is 0.409 e. The number of likely N-dealkylation sites (tertiary alicyclic amines) is 2. The Balaban J connectivity index is 0.000000169. The lowest BCUT2D eigenvalue weighted by Crippen LogP contribution is -2.37. The second kappa shape index (κ2) is 17.3. The number of carbonyl (C=O) groups is 2. The molecule has 2 amide bonds. The highest BCUT2D eigenvalue weighted by atomic mass is 35.5. The van der Waals surface area contributed by atoms with Gasteiger partial charge in [-0.3, -0.25) is 9.97 Å². The van der Waals surface area contributed by atoms with Crippen LogP contribution in [0, 0.1) is 6.92 Å². The normalized spacial score (nSPS) is 16.1. The maximum absolute atomic E-state index is 12.1. The van der Waals surface area contributed by atoms with E-state index in [9.17, 15) is 9.59 Å². The Hall–Kier alpha value is -4.92. The van der Waals surface area contributed by atoms with Gasteiger partial charge in [-0.05, 0) is 123 Å². The van der Waals surface area contributed by atoms with Crippen LogP contribution in [0.1, 0.15) is 89.9 Å². The molecule has 4 aliphatic rings. The lowest BCUT2D eigenvalue weighted by molar-refractivity contribution is 0.103. The summed E-state index contributed by atoms with van der Waals surface area (Å²) in [5.74, 6) is 0. The van der Waals surface area contributed by atoms with Crippen LogP contribution in [0.3, 0.4) is 0 Å². The van der Waals surface area contributed by atoms with Crippen molar-refractivity contribution >= 4 is 58.7 Å². The number of amides is 2. The molecule has 8 rings (SSSR count). The molecule has 4 aromatic rings. The fourth-order valence-electron chi connectivity index (χ4n) is 7.99. The molecule has 0 spiro atoms. The topological polar surface area (TPSA) is 84.9 Å². The van der Waals surface area contributed by atoms with Crippen LogP contribution in [0.2, 0.25) is 10.0 Å². The van der Waals surface area contributed by atoms with Crippen molar-refractivity contribution in [3.63, 3.8) is 0 Å². The Bertz CT molecular complexity index is 2140. The fraction of sp³-hybridized carbons (Fsp3) is 0.333. The van der Waals surface area contributed by atoms with Crippen LogP contribution in [-0.2, 0) is 22.3 Å². The molecule has 2 aromatic carbocycles. The van der Waals surface area contributed by atoms with E-state index in [1.165, 1.54) is 44.5 Å². The first-order chi connectivity index (χ1) is 26.7. The lowest BCUT2D eigenvalue weighted by atomic mass is 9.88. The zero-order chi connectivity index (χ0) is 38.5. The van der Waals surface area contributed by atoms with Crippen molar-refractivity contribution in [2.75, 3.05) is 39.4 Å². The largest absolute Gasteiger partial charge is 0.450 e. The van der Waals surface area contributed by atoms with Gasteiger partial charge in [0, 0.05) is 65.3 Å². The van der Waals surface area contributed by atoms with Gasteiger partial charge in [0.2, 0.25) is 0 Å². The maximum Gasteiger partial charge on any atom is 0.409 e. The zero-order valence-electron chi connectivity index (χ0n) is 31.7. The molecule has 2 saturated heterocycles. The molecule has 0 atom stereocenters. The van der Waals surface area contributed by atoms with Crippen molar-refractivity contribution in [3.8, 4) is 0 Å². The number of halogens is 2. The van der Waals surface area contributed by atoms with Gasteiger partial charge in [-0.1, -0.05) is 70.8 Å². The summed E-state index contributed by atoms with van der Waals surface area (Å²) in [4.78, 5) is 37.2. The molecule has 0 N–H and O–H groups in total. The van der Waals surface area contributed by atoms with Gasteiger partial charge in [0.15, 0.2) is 0 Å². The third kappa shape index (κ3) is 8.51. The number of hydrogen-bond donors (Lipinski definition) is 0. The Morgan fingerprint density at radius 2 is 1.22 bits per heavy atom. The van der Waals surface area contributed by atoms with Gasteiger partial charge < -0.3 is 19.3 Å². The van der Waals surface area contributed by atoms with Crippen molar-refractivity contribution in [2.24, 2.45) is 0 Å². The van der Waals surface area contributed by atoms with Crippen molar-refractivity contribution in [1.29, 1.82) is 0 Å². The first-order valence-corrected chi connectivity index (χ1v) is 19.9. The minimum atomic E-state index is -0.227. The highest BCUT2D eigenvalue weighted by Gasteiger charge is 2.28. The highest BCUT2D eigenvalue weighted by molar-refractivity contribution is 6.31. The first kappa shape index (κ1) is 38.4. The van der Waals surface area contributed by atoms with Gasteiger partial charge in [0.25, 0.3) is 0 Å². The summed E-state index contributed by atoms with van der Waals surface area (Å²) in [6, 6.07) is 18.5. The summed E-state index contributed by atoms with van der Waals surface area (Å²) in [6.45, 7) is 9.27. The number of hydrogen-bond acceptors (Lipinski definition) is 6. The maximum atomic E-state index is 12.1. The summed E-state index contributed by atoms with van der Waals surface area (Å²) in [6.07, 6.45) is 12.8. The summed E-state index contributed by atoms with van der Waals surface area (Å²) in [7, 11) is 0. The minimum Gasteiger partial charge on any atom is -0.450 e. The van der Waals surface area contributed by atoms with E-state index in [0.717, 1.165) is 76.6 Å². The predicted octanol–water partition coefficient (Wildman–Crippen LogP) is 10.5. The molecular weight excluding hydrogens is 731 g/mol. The minimum absolute atomic E-state index is 0.214. The number of rotatable bonds is 2. The van der Waals surface area contributed by atoms with E-state index in [1.807, 2.05) is 50.5 Å². The molecule has 2 fully saturated rings. The van der Waals surface area contributed by atoms with Gasteiger partial charge >= 0.3 is 12.2 Å². The third-order valence-corrected chi connectivity index (χ3v) is 11.1. The highest BCUT2D eigenvalue weighted by Crippen LogP contribution is 2.40. The SMILES string of the molecule is CCOC(=O)N1CCC(=C2c3ccc(Cl)cc3C=Cc3cccnc32)CC1.CCOC(=O)N1CCC(=C2c3ccc(Cl)cc3CCc3cc(C)cnc32)CC1. The van der Waals surface area contributed by atoms with Crippen LogP contribution >= 0.6 is 23.2 Å². The Morgan fingerprint density at radius 3 is 1.85 bits per heavy atom. The predicted molar refractivity (Wildman–Crippen MR) is 220 cm³/mol. The molecule has 2 aliphatic heterocycles. The van der Waals surface area contributed by atoms with E-state index >= 15 is 0 Å². The molecule has 0 radical (unpaired) electrons. The standard InChI is InChI=1S/C23H25ClN2O2.C22H21ClN2O2/c1-3-28-23(27)26-10-8-16(9-11-26)21-20-7-6-19(24)13-17(20)4-5-18-12-15(2)14-25-22(18)21;1-2-27-22(26)25-12-9-15(10-13-25)20-19-8-7-18(23)14-17(19)6-5-16-4-3-11-24-21(16)20/h6-7,12-14H,3-5,8-11H2,1-2H3;3-8,11,14H,2,9-10,12-13H2,1H3. The molecule has 8 nitrogen and oxygen atoms in total. The number of piperidine rings is 2. The molecule has 284 valence electrons. The van der Waals surface area contributed by atoms with E-state index in [4.69, 9.17) is 42.6 Å². The quantitative estimate of drug-likeness (QED) is 0.177. The average Bonchev–Trinajstić information content (AvgIpc) is 3.46. The van der Waals surface area contributed by atoms with Gasteiger partial charge in [-0.2, -0.15) is 0 Å². The Morgan fingerprint density at radius 1 is 0.655 bits per heavy atom. The molecule has 55 heavy (non-hydrogen) atoms. The second-order valence-corrected chi connectivity index (χ2v) is 15.0. The van der Waals surface area contributed by atoms with Crippen molar-refractivity contribution in [3.05, 3.63) is 139 Å². The van der Waals surface area contributed by atoms with E-state index in [1.54, 1.807) is 9.80 Å². The summed E-state index contributed by atoms with van der Waals surface area (Å²) in [5.41, 5.74) is 15.5. The van der Waals surface area contributed by atoms with E-state index in [2.05, 4.69) is 49.4 Å². The van der Waals surface area contributed by atoms with Crippen molar-refractivity contribution in [1.82, 2.24) is 19.8 Å². The fourth-order valence-corrected chi connectivity index (χ4v) is 8.36. The van der Waals surface area contributed by atoms with E-state index in [-0.39, 0.29) is 12.2 Å². The lowest BCUT2D eigenvalue weighted by Gasteiger charge is -2.29. The summed E-state index contributed by atoms with van der Waals surface area (Å²) < 4.78 is 10.3. The number of fused-ring (bicyclic) bond motifs is 4. The van der Waals surface area contributed by atoms with Crippen LogP contribution < -0.4 is 0 Å². The number of pyridine rings is 2. The van der Waals surface area contributed by atoms with Gasteiger partial charge in [0.05, 0.1) is 24.6 Å². The molecule has 2 aromatic heterocycles. The monoisotopic (exact) mass is 776 g/mol. The van der Waals surface area contributed by atoms with Crippen LogP contribution in [0.25, 0.3) is 23.3 Å². The van der Waals surface area contributed by atoms with Gasteiger partial charge in [0.1, 0.15) is 0 Å². The first-order valence-electron chi connectivity index (χ1n) is 19.2. The number of aromatic nitrogens is 2.